The molecule has 1 aromatic heterocycles. The number of aliphatic hydroxyl groups excluding tert-OH is 1. The van der Waals surface area contributed by atoms with Crippen molar-refractivity contribution in [2.45, 2.75) is 38.3 Å². The van der Waals surface area contributed by atoms with Gasteiger partial charge < -0.3 is 10.0 Å². The summed E-state index contributed by atoms with van der Waals surface area (Å²) in [6.45, 7) is 4.47. The molecule has 0 bridgehead atoms. The van der Waals surface area contributed by atoms with Gasteiger partial charge in [0.15, 0.2) is 0 Å². The molecular weight excluding hydrogens is 216 g/mol. The van der Waals surface area contributed by atoms with E-state index < -0.39 is 6.10 Å². The van der Waals surface area contributed by atoms with Gasteiger partial charge in [-0.2, -0.15) is 0 Å². The lowest BCUT2D eigenvalue weighted by Crippen LogP contribution is -2.54. The maximum Gasteiger partial charge on any atom is 0.255 e. The number of pyridine rings is 1. The van der Waals surface area contributed by atoms with Crippen LogP contribution in [0.5, 0.6) is 0 Å². The molecule has 4 heteroatoms. The monoisotopic (exact) mass is 234 g/mol. The third-order valence-electron chi connectivity index (χ3n) is 3.37. The SMILES string of the molecule is CC1(C)CCC(O)CN1C(=O)c1cccnc1. The Morgan fingerprint density at radius 3 is 3.00 bits per heavy atom. The Balaban J connectivity index is 2.23. The van der Waals surface area contributed by atoms with Crippen LogP contribution in [0.1, 0.15) is 37.0 Å². The van der Waals surface area contributed by atoms with Crippen LogP contribution in [0.25, 0.3) is 0 Å². The zero-order chi connectivity index (χ0) is 12.5. The fourth-order valence-electron chi connectivity index (χ4n) is 2.21. The van der Waals surface area contributed by atoms with Crippen molar-refractivity contribution in [1.29, 1.82) is 0 Å². The summed E-state index contributed by atoms with van der Waals surface area (Å²) in [6, 6.07) is 3.51. The van der Waals surface area contributed by atoms with Crippen molar-refractivity contribution in [3.8, 4) is 0 Å². The largest absolute Gasteiger partial charge is 0.391 e. The zero-order valence-electron chi connectivity index (χ0n) is 10.3. The molecule has 0 radical (unpaired) electrons. The molecule has 0 aliphatic carbocycles. The third kappa shape index (κ3) is 2.47. The van der Waals surface area contributed by atoms with E-state index in [9.17, 15) is 9.90 Å². The van der Waals surface area contributed by atoms with Gasteiger partial charge in [0.2, 0.25) is 0 Å². The fourth-order valence-corrected chi connectivity index (χ4v) is 2.21. The number of carbonyl (C=O) groups excluding carboxylic acids is 1. The highest BCUT2D eigenvalue weighted by Crippen LogP contribution is 2.28. The van der Waals surface area contributed by atoms with E-state index in [1.807, 2.05) is 13.8 Å². The average molecular weight is 234 g/mol. The second-order valence-electron chi connectivity index (χ2n) is 5.16. The molecule has 1 unspecified atom stereocenters. The Bertz CT molecular complexity index is 403. The summed E-state index contributed by atoms with van der Waals surface area (Å²) in [5.74, 6) is -0.0538. The normalized spacial score (nSPS) is 23.5. The average Bonchev–Trinajstić information content (AvgIpc) is 2.33. The van der Waals surface area contributed by atoms with Crippen molar-refractivity contribution in [3.05, 3.63) is 30.1 Å². The molecule has 0 saturated carbocycles. The highest BCUT2D eigenvalue weighted by atomic mass is 16.3. The predicted octanol–water partition coefficient (Wildman–Crippen LogP) is 1.46. The Hall–Kier alpha value is -1.42. The van der Waals surface area contributed by atoms with Gasteiger partial charge in [0, 0.05) is 24.5 Å². The number of hydrogen-bond acceptors (Lipinski definition) is 3. The standard InChI is InChI=1S/C13H18N2O2/c1-13(2)6-5-11(16)9-15(13)12(17)10-4-3-7-14-8-10/h3-4,7-8,11,16H,5-6,9H2,1-2H3. The first-order valence-electron chi connectivity index (χ1n) is 5.91. The van der Waals surface area contributed by atoms with Crippen LogP contribution in [0.4, 0.5) is 0 Å². The molecule has 1 N–H and O–H groups in total. The van der Waals surface area contributed by atoms with Crippen LogP contribution in [0, 0.1) is 0 Å². The number of rotatable bonds is 1. The first-order chi connectivity index (χ1) is 8.00. The molecule has 0 spiro atoms. The molecule has 1 atom stereocenters. The molecule has 1 aliphatic rings. The molecule has 2 heterocycles. The summed E-state index contributed by atoms with van der Waals surface area (Å²) in [7, 11) is 0. The van der Waals surface area contributed by atoms with Crippen molar-refractivity contribution in [2.24, 2.45) is 0 Å². The first kappa shape index (κ1) is 12.0. The van der Waals surface area contributed by atoms with Crippen LogP contribution < -0.4 is 0 Å². The van der Waals surface area contributed by atoms with Crippen molar-refractivity contribution < 1.29 is 9.90 Å². The van der Waals surface area contributed by atoms with Gasteiger partial charge in [-0.15, -0.1) is 0 Å². The molecule has 92 valence electrons. The van der Waals surface area contributed by atoms with Gasteiger partial charge in [-0.3, -0.25) is 9.78 Å². The third-order valence-corrected chi connectivity index (χ3v) is 3.37. The lowest BCUT2D eigenvalue weighted by molar-refractivity contribution is 0.00151. The highest BCUT2D eigenvalue weighted by Gasteiger charge is 2.36. The molecule has 2 rings (SSSR count). The topological polar surface area (TPSA) is 53.4 Å². The fraction of sp³-hybridized carbons (Fsp3) is 0.538. The molecule has 1 fully saturated rings. The van der Waals surface area contributed by atoms with Crippen LogP contribution in [0.15, 0.2) is 24.5 Å². The number of nitrogens with zero attached hydrogens (tertiary/aromatic N) is 2. The van der Waals surface area contributed by atoms with E-state index in [1.54, 1.807) is 29.4 Å². The predicted molar refractivity (Wildman–Crippen MR) is 64.6 cm³/mol. The quantitative estimate of drug-likeness (QED) is 0.800. The number of amides is 1. The van der Waals surface area contributed by atoms with Gasteiger partial charge in [0.25, 0.3) is 5.91 Å². The van der Waals surface area contributed by atoms with E-state index in [1.165, 1.54) is 0 Å². The second kappa shape index (κ2) is 4.45. The van der Waals surface area contributed by atoms with Gasteiger partial charge in [0.1, 0.15) is 0 Å². The van der Waals surface area contributed by atoms with Gasteiger partial charge in [-0.1, -0.05) is 0 Å². The summed E-state index contributed by atoms with van der Waals surface area (Å²) >= 11 is 0. The number of aromatic nitrogens is 1. The summed E-state index contributed by atoms with van der Waals surface area (Å²) in [5.41, 5.74) is 0.376. The number of β-amino-alcohol motifs (C(OH)–C–C–N with tert-alkyl or cyclic N) is 1. The van der Waals surface area contributed by atoms with E-state index in [-0.39, 0.29) is 11.4 Å². The van der Waals surface area contributed by atoms with Crippen LogP contribution in [-0.4, -0.2) is 39.1 Å². The Kier molecular flexibility index (Phi) is 3.15. The minimum atomic E-state index is -0.413. The Labute approximate surface area is 101 Å². The molecule has 1 amide bonds. The van der Waals surface area contributed by atoms with E-state index >= 15 is 0 Å². The van der Waals surface area contributed by atoms with Crippen molar-refractivity contribution >= 4 is 5.91 Å². The minimum Gasteiger partial charge on any atom is -0.391 e. The lowest BCUT2D eigenvalue weighted by Gasteiger charge is -2.44. The number of likely N-dealkylation sites (tertiary alicyclic amines) is 1. The smallest absolute Gasteiger partial charge is 0.255 e. The molecule has 1 aliphatic heterocycles. The van der Waals surface area contributed by atoms with E-state index in [2.05, 4.69) is 4.98 Å². The molecule has 17 heavy (non-hydrogen) atoms. The number of aliphatic hydroxyl groups is 1. The summed E-state index contributed by atoms with van der Waals surface area (Å²) < 4.78 is 0. The molecular formula is C13H18N2O2. The van der Waals surface area contributed by atoms with Gasteiger partial charge >= 0.3 is 0 Å². The minimum absolute atomic E-state index is 0.0538. The van der Waals surface area contributed by atoms with Crippen molar-refractivity contribution in [2.75, 3.05) is 6.54 Å². The number of carbonyl (C=O) groups is 1. The van der Waals surface area contributed by atoms with Crippen molar-refractivity contribution in [1.82, 2.24) is 9.88 Å². The van der Waals surface area contributed by atoms with Crippen LogP contribution in [-0.2, 0) is 0 Å². The van der Waals surface area contributed by atoms with E-state index in [0.717, 1.165) is 12.8 Å². The Morgan fingerprint density at radius 1 is 1.59 bits per heavy atom. The molecule has 0 aromatic carbocycles. The highest BCUT2D eigenvalue weighted by molar-refractivity contribution is 5.94. The van der Waals surface area contributed by atoms with Gasteiger partial charge in [-0.25, -0.2) is 0 Å². The number of hydrogen-bond donors (Lipinski definition) is 1. The molecule has 1 aromatic rings. The summed E-state index contributed by atoms with van der Waals surface area (Å²) in [4.78, 5) is 18.0. The summed E-state index contributed by atoms with van der Waals surface area (Å²) in [6.07, 6.45) is 4.37. The van der Waals surface area contributed by atoms with Crippen molar-refractivity contribution in [3.63, 3.8) is 0 Å². The maximum atomic E-state index is 12.3. The van der Waals surface area contributed by atoms with E-state index in [4.69, 9.17) is 0 Å². The van der Waals surface area contributed by atoms with E-state index in [0.29, 0.717) is 12.1 Å². The van der Waals surface area contributed by atoms with Crippen LogP contribution in [0.3, 0.4) is 0 Å². The number of piperidine rings is 1. The Morgan fingerprint density at radius 2 is 2.35 bits per heavy atom. The van der Waals surface area contributed by atoms with Crippen LogP contribution in [0.2, 0.25) is 0 Å². The molecule has 4 nitrogen and oxygen atoms in total. The maximum absolute atomic E-state index is 12.3. The molecule has 1 saturated heterocycles. The van der Waals surface area contributed by atoms with Crippen LogP contribution >= 0.6 is 0 Å². The lowest BCUT2D eigenvalue weighted by atomic mass is 9.88. The zero-order valence-corrected chi connectivity index (χ0v) is 10.3. The summed E-state index contributed by atoms with van der Waals surface area (Å²) in [5, 5.41) is 9.70. The van der Waals surface area contributed by atoms with Gasteiger partial charge in [-0.05, 0) is 38.8 Å². The second-order valence-corrected chi connectivity index (χ2v) is 5.16. The van der Waals surface area contributed by atoms with Gasteiger partial charge in [0.05, 0.1) is 11.7 Å². The first-order valence-corrected chi connectivity index (χ1v) is 5.91.